The zero-order valence-corrected chi connectivity index (χ0v) is 34.2. The Balaban J connectivity index is 1.05. The number of azo groups is 1. The number of carbonyl (C=O) groups is 6. The van der Waals surface area contributed by atoms with E-state index in [0.717, 1.165) is 33.6 Å². The summed E-state index contributed by atoms with van der Waals surface area (Å²) in [6, 6.07) is 18.1. The molecule has 4 rings (SSSR count). The van der Waals surface area contributed by atoms with Gasteiger partial charge in [-0.2, -0.15) is 10.2 Å². The molecule has 3 aromatic carbocycles. The number of phenols is 1. The maximum Gasteiger partial charge on any atom is 0.253 e. The molecule has 0 saturated carbocycles. The van der Waals surface area contributed by atoms with Crippen molar-refractivity contribution in [1.29, 1.82) is 0 Å². The van der Waals surface area contributed by atoms with Crippen molar-refractivity contribution in [1.82, 2.24) is 26.2 Å². The van der Waals surface area contributed by atoms with E-state index in [1.165, 1.54) is 12.2 Å². The number of benzene rings is 3. The molecular formula is C44H55N7O8. The summed E-state index contributed by atoms with van der Waals surface area (Å²) in [5, 5.41) is 30.3. The predicted octanol–water partition coefficient (Wildman–Crippen LogP) is 5.38. The van der Waals surface area contributed by atoms with Gasteiger partial charge >= 0.3 is 0 Å². The van der Waals surface area contributed by atoms with Crippen LogP contribution in [0.1, 0.15) is 97.8 Å². The molecule has 1 aliphatic heterocycles. The van der Waals surface area contributed by atoms with Gasteiger partial charge in [-0.05, 0) is 83.3 Å². The summed E-state index contributed by atoms with van der Waals surface area (Å²) in [5.74, 6) is -0.958. The molecule has 0 unspecified atom stereocenters. The van der Waals surface area contributed by atoms with Crippen LogP contribution in [-0.2, 0) is 41.7 Å². The average Bonchev–Trinajstić information content (AvgIpc) is 3.54. The number of ether oxygens (including phenoxy) is 1. The number of aryl methyl sites for hydroxylation is 1. The van der Waals surface area contributed by atoms with E-state index in [1.54, 1.807) is 24.3 Å². The Morgan fingerprint density at radius 3 is 1.81 bits per heavy atom. The first-order valence-electron chi connectivity index (χ1n) is 20.0. The molecule has 0 spiro atoms. The zero-order chi connectivity index (χ0) is 42.7. The van der Waals surface area contributed by atoms with Gasteiger partial charge in [0.25, 0.3) is 17.7 Å². The molecule has 0 radical (unpaired) electrons. The number of hydrogen-bond donors (Lipinski definition) is 5. The minimum absolute atomic E-state index is 0.00624. The molecule has 5 N–H and O–H groups in total. The minimum atomic E-state index is -0.435. The standard InChI is InChI=1S/C44H55N7O8/c1-29(2)36-26-32(27-37(30(3)4)43(36)57)6-5-7-38(52)48-28-31-8-12-34(13-9-31)49-50-35-14-10-33(11-15-35)44(58)47-21-20-45-40(54)19-24-59-25-22-46-39(53)18-23-51-41(55)16-17-42(51)56/h8-17,26-27,29-30,57H,5-7,18-25,28H2,1-4H3,(H,45,54)(H,46,53)(H,47,58)(H,48,52). The predicted molar refractivity (Wildman–Crippen MR) is 222 cm³/mol. The molecule has 0 bridgehead atoms. The molecule has 3 aromatic rings. The maximum atomic E-state index is 12.6. The fraction of sp³-hybridized carbons (Fsp3) is 0.409. The Bertz CT molecular complexity index is 1950. The van der Waals surface area contributed by atoms with Gasteiger partial charge in [0.15, 0.2) is 0 Å². The number of carbonyl (C=O) groups excluding carboxylic acids is 6. The van der Waals surface area contributed by atoms with Crippen LogP contribution in [0, 0.1) is 0 Å². The second kappa shape index (κ2) is 23.3. The van der Waals surface area contributed by atoms with Gasteiger partial charge in [-0.15, -0.1) is 0 Å². The monoisotopic (exact) mass is 809 g/mol. The lowest BCUT2D eigenvalue weighted by molar-refractivity contribution is -0.137. The number of amides is 6. The van der Waals surface area contributed by atoms with Crippen LogP contribution in [0.2, 0.25) is 0 Å². The number of phenolic OH excluding ortho intramolecular Hbond substituents is 1. The highest BCUT2D eigenvalue weighted by Crippen LogP contribution is 2.35. The van der Waals surface area contributed by atoms with Crippen LogP contribution in [0.25, 0.3) is 0 Å². The molecular weight excluding hydrogens is 755 g/mol. The van der Waals surface area contributed by atoms with Crippen molar-refractivity contribution in [3.63, 3.8) is 0 Å². The second-order valence-electron chi connectivity index (χ2n) is 14.7. The Labute approximate surface area is 345 Å². The number of rotatable bonds is 23. The van der Waals surface area contributed by atoms with Crippen molar-refractivity contribution in [3.8, 4) is 5.75 Å². The van der Waals surface area contributed by atoms with Gasteiger partial charge in [0, 0.05) is 69.7 Å². The molecule has 59 heavy (non-hydrogen) atoms. The number of imide groups is 1. The largest absolute Gasteiger partial charge is 0.507 e. The van der Waals surface area contributed by atoms with Crippen molar-refractivity contribution < 1.29 is 38.6 Å². The summed E-state index contributed by atoms with van der Waals surface area (Å²) in [7, 11) is 0. The molecule has 0 aromatic heterocycles. The third-order valence-electron chi connectivity index (χ3n) is 9.42. The summed E-state index contributed by atoms with van der Waals surface area (Å²) in [6.07, 6.45) is 4.30. The van der Waals surface area contributed by atoms with E-state index in [0.29, 0.717) is 42.1 Å². The van der Waals surface area contributed by atoms with Gasteiger partial charge in [0.2, 0.25) is 17.7 Å². The van der Waals surface area contributed by atoms with Crippen LogP contribution in [0.3, 0.4) is 0 Å². The minimum Gasteiger partial charge on any atom is -0.507 e. The van der Waals surface area contributed by atoms with Gasteiger partial charge in [-0.3, -0.25) is 33.7 Å². The molecule has 6 amide bonds. The van der Waals surface area contributed by atoms with E-state index in [9.17, 15) is 33.9 Å². The Morgan fingerprint density at radius 2 is 1.20 bits per heavy atom. The number of hydrogen-bond acceptors (Lipinski definition) is 10. The summed E-state index contributed by atoms with van der Waals surface area (Å²) >= 11 is 0. The fourth-order valence-corrected chi connectivity index (χ4v) is 6.04. The lowest BCUT2D eigenvalue weighted by atomic mass is 9.90. The van der Waals surface area contributed by atoms with Gasteiger partial charge in [-0.1, -0.05) is 52.0 Å². The summed E-state index contributed by atoms with van der Waals surface area (Å²) in [4.78, 5) is 73.1. The molecule has 0 atom stereocenters. The van der Waals surface area contributed by atoms with Crippen LogP contribution in [-0.4, -0.2) is 84.8 Å². The zero-order valence-electron chi connectivity index (χ0n) is 34.2. The highest BCUT2D eigenvalue weighted by atomic mass is 16.5. The normalized spacial score (nSPS) is 12.5. The van der Waals surface area contributed by atoms with E-state index in [4.69, 9.17) is 4.74 Å². The Kier molecular flexibility index (Phi) is 17.9. The molecule has 1 heterocycles. The fourth-order valence-electron chi connectivity index (χ4n) is 6.04. The van der Waals surface area contributed by atoms with Crippen molar-refractivity contribution in [2.24, 2.45) is 10.2 Å². The molecule has 0 aliphatic carbocycles. The van der Waals surface area contributed by atoms with Gasteiger partial charge in [0.05, 0.1) is 24.6 Å². The van der Waals surface area contributed by atoms with Crippen LogP contribution >= 0.6 is 0 Å². The Morgan fingerprint density at radius 1 is 0.661 bits per heavy atom. The molecule has 0 fully saturated rings. The smallest absolute Gasteiger partial charge is 0.253 e. The number of aromatic hydroxyl groups is 1. The average molecular weight is 810 g/mol. The van der Waals surface area contributed by atoms with Crippen molar-refractivity contribution in [2.75, 3.05) is 39.4 Å². The topological polar surface area (TPSA) is 208 Å². The van der Waals surface area contributed by atoms with Crippen molar-refractivity contribution >= 4 is 46.8 Å². The molecule has 15 nitrogen and oxygen atoms in total. The first-order valence-corrected chi connectivity index (χ1v) is 20.0. The SMILES string of the molecule is CC(C)c1cc(CCCC(=O)NCc2ccc(N=Nc3ccc(C(=O)NCCNC(=O)CCOCCNC(=O)CCN4C(=O)C=CC4=O)cc3)cc2)cc(C(C)C)c1O. The van der Waals surface area contributed by atoms with Crippen LogP contribution in [0.4, 0.5) is 11.4 Å². The summed E-state index contributed by atoms with van der Waals surface area (Å²) < 4.78 is 5.37. The molecule has 1 aliphatic rings. The highest BCUT2D eigenvalue weighted by molar-refractivity contribution is 6.13. The summed E-state index contributed by atoms with van der Waals surface area (Å²) in [5.41, 5.74) is 5.59. The van der Waals surface area contributed by atoms with E-state index < -0.39 is 11.8 Å². The summed E-state index contributed by atoms with van der Waals surface area (Å²) in [6.45, 7) is 9.70. The van der Waals surface area contributed by atoms with E-state index in [2.05, 4.69) is 71.3 Å². The first-order chi connectivity index (χ1) is 28.3. The highest BCUT2D eigenvalue weighted by Gasteiger charge is 2.23. The van der Waals surface area contributed by atoms with Crippen molar-refractivity contribution in [2.45, 2.75) is 78.2 Å². The lowest BCUT2D eigenvalue weighted by Crippen LogP contribution is -2.36. The quantitative estimate of drug-likeness (QED) is 0.0477. The van der Waals surface area contributed by atoms with Gasteiger partial charge in [-0.25, -0.2) is 0 Å². The third kappa shape index (κ3) is 15.2. The van der Waals surface area contributed by atoms with Crippen molar-refractivity contribution in [3.05, 3.63) is 101 Å². The first kappa shape index (κ1) is 45.5. The van der Waals surface area contributed by atoms with Crippen LogP contribution in [0.5, 0.6) is 5.75 Å². The molecule has 15 heteroatoms. The number of nitrogens with one attached hydrogen (secondary N) is 4. The van der Waals surface area contributed by atoms with E-state index in [-0.39, 0.29) is 87.7 Å². The van der Waals surface area contributed by atoms with E-state index >= 15 is 0 Å². The molecule has 0 saturated heterocycles. The molecule has 314 valence electrons. The van der Waals surface area contributed by atoms with Gasteiger partial charge < -0.3 is 31.1 Å². The van der Waals surface area contributed by atoms with E-state index in [1.807, 2.05) is 24.3 Å². The number of nitrogens with zero attached hydrogens (tertiary/aromatic N) is 3. The lowest BCUT2D eigenvalue weighted by Gasteiger charge is -2.17. The Hall–Kier alpha value is -6.22. The van der Waals surface area contributed by atoms with Gasteiger partial charge in [0.1, 0.15) is 5.75 Å². The maximum absolute atomic E-state index is 12.6. The van der Waals surface area contributed by atoms with Crippen LogP contribution < -0.4 is 21.3 Å². The van der Waals surface area contributed by atoms with Crippen LogP contribution in [0.15, 0.2) is 83.0 Å². The third-order valence-corrected chi connectivity index (χ3v) is 9.42. The second-order valence-corrected chi connectivity index (χ2v) is 14.7.